The molecular formula is C27H33F2N5O4. The Morgan fingerprint density at radius 2 is 1.87 bits per heavy atom. The van der Waals surface area contributed by atoms with Crippen molar-refractivity contribution in [1.82, 2.24) is 20.0 Å². The molecule has 3 heterocycles. The third-order valence-corrected chi connectivity index (χ3v) is 8.01. The number of carbonyl (C=O) groups is 3. The number of nitriles is 1. The smallest absolute Gasteiger partial charge is 0.408 e. The zero-order chi connectivity index (χ0) is 27.5. The fourth-order valence-corrected chi connectivity index (χ4v) is 6.31. The molecule has 0 spiro atoms. The Labute approximate surface area is 220 Å². The molecular weight excluding hydrogens is 496 g/mol. The molecule has 38 heavy (non-hydrogen) atoms. The van der Waals surface area contributed by atoms with Crippen LogP contribution >= 0.6 is 0 Å². The summed E-state index contributed by atoms with van der Waals surface area (Å²) in [5.74, 6) is -1.60. The number of nitrogens with zero attached hydrogens (tertiary/aromatic N) is 4. The molecule has 5 unspecified atom stereocenters. The molecule has 1 aliphatic carbocycles. The van der Waals surface area contributed by atoms with E-state index in [4.69, 9.17) is 4.74 Å². The van der Waals surface area contributed by atoms with Crippen molar-refractivity contribution in [3.05, 3.63) is 35.4 Å². The van der Waals surface area contributed by atoms with Crippen molar-refractivity contribution in [2.24, 2.45) is 5.92 Å². The zero-order valence-electron chi connectivity index (χ0n) is 22.0. The average Bonchev–Trinajstić information content (AvgIpc) is 3.14. The molecule has 9 nitrogen and oxygen atoms in total. The van der Waals surface area contributed by atoms with Crippen LogP contribution in [0.4, 0.5) is 13.6 Å². The van der Waals surface area contributed by atoms with Gasteiger partial charge in [-0.25, -0.2) is 13.6 Å². The van der Waals surface area contributed by atoms with Gasteiger partial charge >= 0.3 is 6.09 Å². The van der Waals surface area contributed by atoms with E-state index in [1.54, 1.807) is 37.5 Å². The van der Waals surface area contributed by atoms with Gasteiger partial charge in [0.15, 0.2) is 0 Å². The normalized spacial score (nSPS) is 29.6. The van der Waals surface area contributed by atoms with Gasteiger partial charge in [0.25, 0.3) is 0 Å². The highest BCUT2D eigenvalue weighted by molar-refractivity contribution is 5.89. The SMILES string of the molecule is C[C@@H](c1cc(F)cc(F)c1)N1C(=O)C2CC1CN2CC(NC(=O)OC(C)(C)C)C(=O)N1C(C#N)C[C@@H]2CC21. The number of rotatable bonds is 6. The summed E-state index contributed by atoms with van der Waals surface area (Å²) < 4.78 is 33.0. The molecule has 11 heteroatoms. The van der Waals surface area contributed by atoms with Gasteiger partial charge in [-0.05, 0) is 70.6 Å². The van der Waals surface area contributed by atoms with Crippen LogP contribution in [0.5, 0.6) is 0 Å². The molecule has 7 atom stereocenters. The van der Waals surface area contributed by atoms with E-state index in [-0.39, 0.29) is 30.4 Å². The maximum Gasteiger partial charge on any atom is 0.408 e. The van der Waals surface area contributed by atoms with Crippen LogP contribution in [0.3, 0.4) is 0 Å². The first kappa shape index (κ1) is 26.4. The van der Waals surface area contributed by atoms with Crippen LogP contribution in [0, 0.1) is 28.9 Å². The molecule has 1 aromatic rings. The van der Waals surface area contributed by atoms with E-state index in [9.17, 15) is 28.4 Å². The van der Waals surface area contributed by atoms with Crippen LogP contribution in [-0.2, 0) is 14.3 Å². The molecule has 0 radical (unpaired) electrons. The molecule has 5 rings (SSSR count). The molecule has 1 N–H and O–H groups in total. The lowest BCUT2D eigenvalue weighted by atomic mass is 10.0. The summed E-state index contributed by atoms with van der Waals surface area (Å²) in [7, 11) is 0. The number of piperidine rings is 1. The fourth-order valence-electron chi connectivity index (χ4n) is 6.31. The number of halogens is 2. The summed E-state index contributed by atoms with van der Waals surface area (Å²) in [5.41, 5.74) is -0.386. The maximum absolute atomic E-state index is 13.8. The number of ether oxygens (including phenoxy) is 1. The average molecular weight is 530 g/mol. The van der Waals surface area contributed by atoms with Crippen LogP contribution in [-0.4, -0.2) is 81.5 Å². The second-order valence-corrected chi connectivity index (χ2v) is 11.9. The lowest BCUT2D eigenvalue weighted by molar-refractivity contribution is -0.141. The predicted octanol–water partition coefficient (Wildman–Crippen LogP) is 2.72. The second kappa shape index (κ2) is 9.49. The Bertz CT molecular complexity index is 1180. The lowest BCUT2D eigenvalue weighted by Gasteiger charge is -2.39. The quantitative estimate of drug-likeness (QED) is 0.608. The highest BCUT2D eigenvalue weighted by Gasteiger charge is 2.56. The molecule has 4 fully saturated rings. The van der Waals surface area contributed by atoms with E-state index < -0.39 is 47.5 Å². The summed E-state index contributed by atoms with van der Waals surface area (Å²) in [5, 5.41) is 12.3. The summed E-state index contributed by atoms with van der Waals surface area (Å²) in [4.78, 5) is 44.8. The monoisotopic (exact) mass is 529 g/mol. The van der Waals surface area contributed by atoms with Crippen molar-refractivity contribution in [2.75, 3.05) is 13.1 Å². The predicted molar refractivity (Wildman–Crippen MR) is 131 cm³/mol. The number of amides is 3. The number of hydrogen-bond acceptors (Lipinski definition) is 6. The van der Waals surface area contributed by atoms with Crippen LogP contribution in [0.2, 0.25) is 0 Å². The van der Waals surface area contributed by atoms with Crippen LogP contribution < -0.4 is 5.32 Å². The number of fused-ring (bicyclic) bond motifs is 3. The third-order valence-electron chi connectivity index (χ3n) is 8.01. The van der Waals surface area contributed by atoms with E-state index >= 15 is 0 Å². The van der Waals surface area contributed by atoms with Crippen molar-refractivity contribution >= 4 is 17.9 Å². The number of piperazine rings is 1. The van der Waals surface area contributed by atoms with Gasteiger partial charge in [0.05, 0.1) is 18.2 Å². The van der Waals surface area contributed by atoms with Crippen LogP contribution in [0.1, 0.15) is 58.6 Å². The number of benzene rings is 1. The molecule has 3 saturated heterocycles. The molecule has 1 aromatic carbocycles. The Morgan fingerprint density at radius 3 is 2.47 bits per heavy atom. The maximum atomic E-state index is 13.8. The third kappa shape index (κ3) is 4.94. The topological polar surface area (TPSA) is 106 Å². The van der Waals surface area contributed by atoms with Crippen LogP contribution in [0.15, 0.2) is 18.2 Å². The second-order valence-electron chi connectivity index (χ2n) is 11.9. The zero-order valence-corrected chi connectivity index (χ0v) is 22.0. The van der Waals surface area contributed by atoms with Crippen molar-refractivity contribution < 1.29 is 27.9 Å². The molecule has 1 saturated carbocycles. The van der Waals surface area contributed by atoms with Crippen molar-refractivity contribution in [2.45, 2.75) is 88.8 Å². The molecule has 3 amide bonds. The van der Waals surface area contributed by atoms with E-state index in [1.165, 1.54) is 12.1 Å². The standard InChI is InChI=1S/C27H33F2N5O4/c1-14(15-5-17(28)9-18(29)6-15)33-20-10-23(25(33)36)32(12-20)13-21(31-26(37)38-27(2,3)4)24(35)34-19(11-30)7-16-8-22(16)34/h5-6,9,14,16,19-23H,7-8,10,12-13H2,1-4H3,(H,31,37)/t14-,16+,19?,20?,21?,22?,23?/m0/s1. The first-order chi connectivity index (χ1) is 17.9. The summed E-state index contributed by atoms with van der Waals surface area (Å²) in [6.45, 7) is 7.46. The van der Waals surface area contributed by atoms with Gasteiger partial charge < -0.3 is 19.9 Å². The van der Waals surface area contributed by atoms with Gasteiger partial charge in [-0.1, -0.05) is 0 Å². The molecule has 2 bridgehead atoms. The van der Waals surface area contributed by atoms with E-state index in [0.717, 1.165) is 12.5 Å². The largest absolute Gasteiger partial charge is 0.444 e. The number of likely N-dealkylation sites (tertiary alicyclic amines) is 3. The summed E-state index contributed by atoms with van der Waals surface area (Å²) >= 11 is 0. The van der Waals surface area contributed by atoms with Crippen LogP contribution in [0.25, 0.3) is 0 Å². The fraction of sp³-hybridized carbons (Fsp3) is 0.630. The molecule has 3 aliphatic heterocycles. The lowest BCUT2D eigenvalue weighted by Crippen LogP contribution is -2.59. The van der Waals surface area contributed by atoms with Gasteiger partial charge in [0, 0.05) is 31.2 Å². The van der Waals surface area contributed by atoms with E-state index in [1.807, 2.05) is 4.90 Å². The van der Waals surface area contributed by atoms with Gasteiger partial charge in [0.2, 0.25) is 11.8 Å². The van der Waals surface area contributed by atoms with Crippen molar-refractivity contribution in [1.29, 1.82) is 5.26 Å². The van der Waals surface area contributed by atoms with E-state index in [2.05, 4.69) is 11.4 Å². The Balaban J connectivity index is 1.31. The number of nitrogens with one attached hydrogen (secondary N) is 1. The minimum Gasteiger partial charge on any atom is -0.444 e. The van der Waals surface area contributed by atoms with E-state index in [0.29, 0.717) is 30.9 Å². The number of carbonyl (C=O) groups excluding carboxylic acids is 3. The van der Waals surface area contributed by atoms with Gasteiger partial charge in [-0.2, -0.15) is 5.26 Å². The first-order valence-corrected chi connectivity index (χ1v) is 13.1. The molecule has 4 aliphatic rings. The Kier molecular flexibility index (Phi) is 6.58. The van der Waals surface area contributed by atoms with Crippen molar-refractivity contribution in [3.8, 4) is 6.07 Å². The van der Waals surface area contributed by atoms with Crippen molar-refractivity contribution in [3.63, 3.8) is 0 Å². The Hall–Kier alpha value is -3.26. The highest BCUT2D eigenvalue weighted by Crippen LogP contribution is 2.48. The first-order valence-electron chi connectivity index (χ1n) is 13.1. The van der Waals surface area contributed by atoms with Gasteiger partial charge in [-0.3, -0.25) is 14.5 Å². The molecule has 204 valence electrons. The number of hydrogen-bond donors (Lipinski definition) is 1. The Morgan fingerprint density at radius 1 is 1.18 bits per heavy atom. The highest BCUT2D eigenvalue weighted by atomic mass is 19.1. The summed E-state index contributed by atoms with van der Waals surface area (Å²) in [6, 6.07) is 2.72. The summed E-state index contributed by atoms with van der Waals surface area (Å²) in [6.07, 6.45) is 1.26. The van der Waals surface area contributed by atoms with Gasteiger partial charge in [0.1, 0.15) is 29.3 Å². The minimum absolute atomic E-state index is 0.00903. The number of alkyl carbamates (subject to hydrolysis) is 1. The molecule has 0 aromatic heterocycles. The minimum atomic E-state index is -0.990. The van der Waals surface area contributed by atoms with Gasteiger partial charge in [-0.15, -0.1) is 0 Å².